The first-order chi connectivity index (χ1) is 8.54. The molecule has 2 N–H and O–H groups in total. The highest BCUT2D eigenvalue weighted by Gasteiger charge is 2.17. The Labute approximate surface area is 105 Å². The Bertz CT molecular complexity index is 563. The van der Waals surface area contributed by atoms with E-state index in [-0.39, 0.29) is 5.75 Å². The SMILES string of the molecule is COc1ccc(C(O)c2[nH]cc(C)c2C)cc1F. The summed E-state index contributed by atoms with van der Waals surface area (Å²) in [5.74, 6) is -0.305. The summed E-state index contributed by atoms with van der Waals surface area (Å²) < 4.78 is 18.4. The molecule has 2 aromatic rings. The average molecular weight is 249 g/mol. The van der Waals surface area contributed by atoms with Gasteiger partial charge in [-0.15, -0.1) is 0 Å². The molecule has 18 heavy (non-hydrogen) atoms. The average Bonchev–Trinajstić information content (AvgIpc) is 2.69. The van der Waals surface area contributed by atoms with Crippen LogP contribution in [-0.2, 0) is 0 Å². The first-order valence-corrected chi connectivity index (χ1v) is 5.70. The number of aromatic nitrogens is 1. The van der Waals surface area contributed by atoms with E-state index in [2.05, 4.69) is 4.98 Å². The van der Waals surface area contributed by atoms with Gasteiger partial charge in [-0.3, -0.25) is 0 Å². The molecule has 0 bridgehead atoms. The van der Waals surface area contributed by atoms with E-state index < -0.39 is 11.9 Å². The molecule has 1 atom stereocenters. The molecule has 1 heterocycles. The summed E-state index contributed by atoms with van der Waals surface area (Å²) in [6, 6.07) is 4.46. The Balaban J connectivity index is 2.37. The molecule has 0 saturated carbocycles. The van der Waals surface area contributed by atoms with Gasteiger partial charge in [-0.05, 0) is 42.7 Å². The van der Waals surface area contributed by atoms with Gasteiger partial charge in [0.15, 0.2) is 11.6 Å². The molecule has 0 aliphatic rings. The van der Waals surface area contributed by atoms with Crippen LogP contribution in [0.4, 0.5) is 4.39 Å². The number of aliphatic hydroxyl groups excluding tert-OH is 1. The van der Waals surface area contributed by atoms with Gasteiger partial charge in [0.05, 0.1) is 12.8 Å². The quantitative estimate of drug-likeness (QED) is 0.878. The fourth-order valence-corrected chi connectivity index (χ4v) is 1.92. The topological polar surface area (TPSA) is 45.2 Å². The Hall–Kier alpha value is -1.81. The molecule has 0 saturated heterocycles. The van der Waals surface area contributed by atoms with Crippen LogP contribution in [0.5, 0.6) is 5.75 Å². The molecule has 0 spiro atoms. The number of nitrogens with one attached hydrogen (secondary N) is 1. The molecular formula is C14H16FNO2. The van der Waals surface area contributed by atoms with Crippen molar-refractivity contribution in [2.75, 3.05) is 7.11 Å². The third-order valence-electron chi connectivity index (χ3n) is 3.20. The number of benzene rings is 1. The van der Waals surface area contributed by atoms with E-state index in [0.29, 0.717) is 11.3 Å². The lowest BCUT2D eigenvalue weighted by molar-refractivity contribution is 0.214. The minimum atomic E-state index is -0.862. The van der Waals surface area contributed by atoms with E-state index in [4.69, 9.17) is 4.74 Å². The van der Waals surface area contributed by atoms with Crippen molar-refractivity contribution in [2.24, 2.45) is 0 Å². The van der Waals surface area contributed by atoms with Crippen molar-refractivity contribution in [2.45, 2.75) is 20.0 Å². The number of rotatable bonds is 3. The van der Waals surface area contributed by atoms with Crippen LogP contribution in [0, 0.1) is 19.7 Å². The van der Waals surface area contributed by atoms with Crippen molar-refractivity contribution in [1.82, 2.24) is 4.98 Å². The zero-order valence-corrected chi connectivity index (χ0v) is 10.6. The summed E-state index contributed by atoms with van der Waals surface area (Å²) in [4.78, 5) is 3.02. The molecule has 0 aliphatic heterocycles. The lowest BCUT2D eigenvalue weighted by Gasteiger charge is -2.12. The van der Waals surface area contributed by atoms with Crippen molar-refractivity contribution in [1.29, 1.82) is 0 Å². The van der Waals surface area contributed by atoms with E-state index >= 15 is 0 Å². The summed E-state index contributed by atoms with van der Waals surface area (Å²) in [7, 11) is 1.41. The predicted octanol–water partition coefficient (Wildman–Crippen LogP) is 2.86. The molecule has 96 valence electrons. The molecule has 1 aromatic heterocycles. The normalized spacial score (nSPS) is 12.5. The lowest BCUT2D eigenvalue weighted by Crippen LogP contribution is -2.03. The maximum absolute atomic E-state index is 13.6. The van der Waals surface area contributed by atoms with Crippen molar-refractivity contribution in [3.63, 3.8) is 0 Å². The molecule has 2 rings (SSSR count). The second kappa shape index (κ2) is 4.82. The van der Waals surface area contributed by atoms with E-state index in [1.165, 1.54) is 19.2 Å². The number of aliphatic hydroxyl groups is 1. The van der Waals surface area contributed by atoms with Crippen molar-refractivity contribution >= 4 is 0 Å². The van der Waals surface area contributed by atoms with Gasteiger partial charge in [-0.25, -0.2) is 4.39 Å². The van der Waals surface area contributed by atoms with Gasteiger partial charge < -0.3 is 14.8 Å². The minimum absolute atomic E-state index is 0.172. The molecule has 1 unspecified atom stereocenters. The fraction of sp³-hybridized carbons (Fsp3) is 0.286. The first kappa shape index (κ1) is 12.6. The monoisotopic (exact) mass is 249 g/mol. The van der Waals surface area contributed by atoms with Gasteiger partial charge in [0.25, 0.3) is 0 Å². The van der Waals surface area contributed by atoms with Crippen LogP contribution in [0.25, 0.3) is 0 Å². The van der Waals surface area contributed by atoms with Gasteiger partial charge in [0.2, 0.25) is 0 Å². The van der Waals surface area contributed by atoms with Crippen LogP contribution in [0.3, 0.4) is 0 Å². The summed E-state index contributed by atoms with van der Waals surface area (Å²) in [6.07, 6.45) is 0.965. The lowest BCUT2D eigenvalue weighted by atomic mass is 10.0. The van der Waals surface area contributed by atoms with Crippen LogP contribution in [0.2, 0.25) is 0 Å². The minimum Gasteiger partial charge on any atom is -0.494 e. The highest BCUT2D eigenvalue weighted by Crippen LogP contribution is 2.28. The van der Waals surface area contributed by atoms with Crippen molar-refractivity contribution in [3.8, 4) is 5.75 Å². The molecule has 1 aromatic carbocycles. The van der Waals surface area contributed by atoms with Gasteiger partial charge in [-0.1, -0.05) is 6.07 Å². The summed E-state index contributed by atoms with van der Waals surface area (Å²) in [6.45, 7) is 3.88. The fourth-order valence-electron chi connectivity index (χ4n) is 1.92. The molecule has 0 amide bonds. The second-order valence-electron chi connectivity index (χ2n) is 4.31. The van der Waals surface area contributed by atoms with Crippen molar-refractivity contribution in [3.05, 3.63) is 52.6 Å². The van der Waals surface area contributed by atoms with Gasteiger partial charge in [0, 0.05) is 6.20 Å². The smallest absolute Gasteiger partial charge is 0.165 e. The maximum Gasteiger partial charge on any atom is 0.165 e. The van der Waals surface area contributed by atoms with Crippen LogP contribution in [-0.4, -0.2) is 17.2 Å². The van der Waals surface area contributed by atoms with E-state index in [1.807, 2.05) is 20.0 Å². The highest BCUT2D eigenvalue weighted by molar-refractivity contribution is 5.38. The van der Waals surface area contributed by atoms with Gasteiger partial charge >= 0.3 is 0 Å². The number of H-pyrrole nitrogens is 1. The van der Waals surface area contributed by atoms with E-state index in [9.17, 15) is 9.50 Å². The van der Waals surface area contributed by atoms with Gasteiger partial charge in [0.1, 0.15) is 6.10 Å². The Morgan fingerprint density at radius 1 is 1.33 bits per heavy atom. The van der Waals surface area contributed by atoms with Crippen LogP contribution in [0.15, 0.2) is 24.4 Å². The number of hydrogen-bond acceptors (Lipinski definition) is 2. The standard InChI is InChI=1S/C14H16FNO2/c1-8-7-16-13(9(8)2)14(17)10-4-5-12(18-3)11(15)6-10/h4-7,14,16-17H,1-3H3. The number of aromatic amines is 1. The third-order valence-corrected chi connectivity index (χ3v) is 3.20. The number of aryl methyl sites for hydroxylation is 1. The molecule has 3 nitrogen and oxygen atoms in total. The van der Waals surface area contributed by atoms with Crippen LogP contribution >= 0.6 is 0 Å². The van der Waals surface area contributed by atoms with Crippen LogP contribution in [0.1, 0.15) is 28.5 Å². The molecular weight excluding hydrogens is 233 g/mol. The number of ether oxygens (including phenoxy) is 1. The number of halogens is 1. The highest BCUT2D eigenvalue weighted by atomic mass is 19.1. The maximum atomic E-state index is 13.6. The van der Waals surface area contributed by atoms with Gasteiger partial charge in [-0.2, -0.15) is 0 Å². The molecule has 0 fully saturated rings. The van der Waals surface area contributed by atoms with E-state index in [1.54, 1.807) is 6.07 Å². The van der Waals surface area contributed by atoms with Crippen LogP contribution < -0.4 is 4.74 Å². The largest absolute Gasteiger partial charge is 0.494 e. The number of hydrogen-bond donors (Lipinski definition) is 2. The Morgan fingerprint density at radius 2 is 2.06 bits per heavy atom. The molecule has 0 radical (unpaired) electrons. The summed E-state index contributed by atoms with van der Waals surface area (Å²) in [5.41, 5.74) is 3.24. The zero-order valence-electron chi connectivity index (χ0n) is 10.6. The number of methoxy groups -OCH3 is 1. The van der Waals surface area contributed by atoms with E-state index in [0.717, 1.165) is 11.1 Å². The summed E-state index contributed by atoms with van der Waals surface area (Å²) >= 11 is 0. The predicted molar refractivity (Wildman–Crippen MR) is 67.3 cm³/mol. The zero-order chi connectivity index (χ0) is 13.3. The van der Waals surface area contributed by atoms with Crippen molar-refractivity contribution < 1.29 is 14.2 Å². The molecule has 4 heteroatoms. The Morgan fingerprint density at radius 3 is 2.56 bits per heavy atom. The Kier molecular flexibility index (Phi) is 3.39. The first-order valence-electron chi connectivity index (χ1n) is 5.70. The summed E-state index contributed by atoms with van der Waals surface area (Å²) in [5, 5.41) is 10.2. The second-order valence-corrected chi connectivity index (χ2v) is 4.31. The third kappa shape index (κ3) is 2.11. The molecule has 0 aliphatic carbocycles.